The summed E-state index contributed by atoms with van der Waals surface area (Å²) in [5.74, 6) is 0.831. The highest BCUT2D eigenvalue weighted by atomic mass is 16.5. The number of benzene rings is 1. The first kappa shape index (κ1) is 18.5. The van der Waals surface area contributed by atoms with Crippen LogP contribution >= 0.6 is 0 Å². The Morgan fingerprint density at radius 1 is 1.17 bits per heavy atom. The molecule has 0 spiro atoms. The molecule has 1 amide bonds. The van der Waals surface area contributed by atoms with E-state index in [1.807, 2.05) is 24.1 Å². The van der Waals surface area contributed by atoms with Gasteiger partial charge in [-0.25, -0.2) is 0 Å². The van der Waals surface area contributed by atoms with Gasteiger partial charge in [0.25, 0.3) is 0 Å². The summed E-state index contributed by atoms with van der Waals surface area (Å²) in [5.41, 5.74) is 0.635. The number of ether oxygens (including phenoxy) is 1. The van der Waals surface area contributed by atoms with Crippen molar-refractivity contribution in [1.82, 2.24) is 10.2 Å². The van der Waals surface area contributed by atoms with E-state index in [4.69, 9.17) is 4.74 Å². The van der Waals surface area contributed by atoms with Crippen molar-refractivity contribution in [2.24, 2.45) is 0 Å². The maximum Gasteiger partial charge on any atom is 0.223 e. The smallest absolute Gasteiger partial charge is 0.223 e. The van der Waals surface area contributed by atoms with E-state index >= 15 is 0 Å². The first-order valence-corrected chi connectivity index (χ1v) is 8.84. The zero-order valence-electron chi connectivity index (χ0n) is 14.7. The molecule has 1 saturated heterocycles. The quantitative estimate of drug-likeness (QED) is 0.744. The number of nitrogens with zero attached hydrogens (tertiary/aromatic N) is 1. The SMILES string of the molecule is CCCOc1ccc(C(=O)CCC(=O)N(C)C2CCNCC2)cc1. The van der Waals surface area contributed by atoms with Crippen LogP contribution in [-0.4, -0.2) is 49.4 Å². The molecule has 0 aromatic heterocycles. The number of amides is 1. The van der Waals surface area contributed by atoms with E-state index in [9.17, 15) is 9.59 Å². The Morgan fingerprint density at radius 2 is 1.83 bits per heavy atom. The van der Waals surface area contributed by atoms with Crippen molar-refractivity contribution < 1.29 is 14.3 Å². The fraction of sp³-hybridized carbons (Fsp3) is 0.579. The number of hydrogen-bond acceptors (Lipinski definition) is 4. The summed E-state index contributed by atoms with van der Waals surface area (Å²) < 4.78 is 5.51. The average molecular weight is 332 g/mol. The summed E-state index contributed by atoms with van der Waals surface area (Å²) in [6.45, 7) is 4.63. The van der Waals surface area contributed by atoms with Crippen molar-refractivity contribution in [1.29, 1.82) is 0 Å². The van der Waals surface area contributed by atoms with Crippen LogP contribution in [0.15, 0.2) is 24.3 Å². The zero-order valence-corrected chi connectivity index (χ0v) is 14.7. The molecular formula is C19H28N2O3. The second kappa shape index (κ2) is 9.42. The van der Waals surface area contributed by atoms with E-state index in [0.29, 0.717) is 18.2 Å². The molecule has 0 bridgehead atoms. The average Bonchev–Trinajstić information content (AvgIpc) is 2.64. The van der Waals surface area contributed by atoms with Crippen LogP contribution in [0.3, 0.4) is 0 Å². The number of ketones is 1. The van der Waals surface area contributed by atoms with Crippen molar-refractivity contribution in [3.63, 3.8) is 0 Å². The van der Waals surface area contributed by atoms with Gasteiger partial charge in [0.1, 0.15) is 5.75 Å². The normalized spacial score (nSPS) is 15.1. The highest BCUT2D eigenvalue weighted by Crippen LogP contribution is 2.16. The van der Waals surface area contributed by atoms with Gasteiger partial charge in [-0.1, -0.05) is 6.92 Å². The monoisotopic (exact) mass is 332 g/mol. The number of hydrogen-bond donors (Lipinski definition) is 1. The molecule has 0 radical (unpaired) electrons. The van der Waals surface area contributed by atoms with E-state index in [2.05, 4.69) is 12.2 Å². The molecule has 5 nitrogen and oxygen atoms in total. The maximum absolute atomic E-state index is 12.3. The van der Waals surface area contributed by atoms with Crippen LogP contribution in [0, 0.1) is 0 Å². The number of Topliss-reactive ketones (excluding diaryl/α,β-unsaturated/α-hetero) is 1. The Labute approximate surface area is 144 Å². The summed E-state index contributed by atoms with van der Waals surface area (Å²) in [6.07, 6.45) is 3.44. The summed E-state index contributed by atoms with van der Waals surface area (Å²) >= 11 is 0. The molecule has 1 heterocycles. The standard InChI is InChI=1S/C19H28N2O3/c1-3-14-24-17-6-4-15(5-7-17)18(22)8-9-19(23)21(2)16-10-12-20-13-11-16/h4-7,16,20H,3,8-14H2,1-2H3. The van der Waals surface area contributed by atoms with E-state index in [1.54, 1.807) is 12.1 Å². The Kier molecular flexibility index (Phi) is 7.25. The van der Waals surface area contributed by atoms with Crippen LogP contribution in [0.25, 0.3) is 0 Å². The topological polar surface area (TPSA) is 58.6 Å². The largest absolute Gasteiger partial charge is 0.494 e. The second-order valence-corrected chi connectivity index (χ2v) is 6.28. The molecule has 132 valence electrons. The van der Waals surface area contributed by atoms with E-state index < -0.39 is 0 Å². The number of nitrogens with one attached hydrogen (secondary N) is 1. The lowest BCUT2D eigenvalue weighted by Crippen LogP contribution is -2.44. The van der Waals surface area contributed by atoms with Crippen LogP contribution in [0.1, 0.15) is 49.4 Å². The highest BCUT2D eigenvalue weighted by molar-refractivity contribution is 5.98. The van der Waals surface area contributed by atoms with Gasteiger partial charge in [0.2, 0.25) is 5.91 Å². The van der Waals surface area contributed by atoms with Gasteiger partial charge in [0.15, 0.2) is 5.78 Å². The van der Waals surface area contributed by atoms with Crippen LogP contribution < -0.4 is 10.1 Å². The van der Waals surface area contributed by atoms with Crippen LogP contribution in [-0.2, 0) is 4.79 Å². The van der Waals surface area contributed by atoms with Crippen LogP contribution in [0.4, 0.5) is 0 Å². The highest BCUT2D eigenvalue weighted by Gasteiger charge is 2.22. The Bertz CT molecular complexity index is 536. The van der Waals surface area contributed by atoms with Gasteiger partial charge < -0.3 is 15.0 Å². The van der Waals surface area contributed by atoms with Crippen LogP contribution in [0.5, 0.6) is 5.75 Å². The summed E-state index contributed by atoms with van der Waals surface area (Å²) in [7, 11) is 1.85. The molecule has 2 rings (SSSR count). The first-order valence-electron chi connectivity index (χ1n) is 8.84. The molecule has 0 aliphatic carbocycles. The summed E-state index contributed by atoms with van der Waals surface area (Å²) in [5, 5.41) is 3.30. The molecule has 5 heteroatoms. The lowest BCUT2D eigenvalue weighted by atomic mass is 10.0. The fourth-order valence-corrected chi connectivity index (χ4v) is 2.90. The van der Waals surface area contributed by atoms with Gasteiger partial charge in [-0.2, -0.15) is 0 Å². The van der Waals surface area contributed by atoms with Gasteiger partial charge in [0, 0.05) is 31.5 Å². The third-order valence-electron chi connectivity index (χ3n) is 4.46. The van der Waals surface area contributed by atoms with Crippen molar-refractivity contribution in [3.05, 3.63) is 29.8 Å². The van der Waals surface area contributed by atoms with E-state index in [-0.39, 0.29) is 24.5 Å². The number of carbonyl (C=O) groups excluding carboxylic acids is 2. The van der Waals surface area contributed by atoms with Crippen molar-refractivity contribution >= 4 is 11.7 Å². The van der Waals surface area contributed by atoms with Crippen molar-refractivity contribution in [3.8, 4) is 5.75 Å². The van der Waals surface area contributed by atoms with E-state index in [1.165, 1.54) is 0 Å². The molecule has 0 atom stereocenters. The Balaban J connectivity index is 1.80. The molecule has 1 aromatic carbocycles. The molecule has 1 aromatic rings. The molecule has 1 fully saturated rings. The zero-order chi connectivity index (χ0) is 17.4. The number of carbonyl (C=O) groups is 2. The molecule has 24 heavy (non-hydrogen) atoms. The molecule has 1 N–H and O–H groups in total. The third kappa shape index (κ3) is 5.34. The molecule has 0 unspecified atom stereocenters. The minimum atomic E-state index is 0.00380. The third-order valence-corrected chi connectivity index (χ3v) is 4.46. The lowest BCUT2D eigenvalue weighted by Gasteiger charge is -2.31. The van der Waals surface area contributed by atoms with Gasteiger partial charge in [-0.15, -0.1) is 0 Å². The maximum atomic E-state index is 12.3. The Morgan fingerprint density at radius 3 is 2.46 bits per heavy atom. The first-order chi connectivity index (χ1) is 11.6. The van der Waals surface area contributed by atoms with Gasteiger partial charge >= 0.3 is 0 Å². The van der Waals surface area contributed by atoms with Gasteiger partial charge in [-0.05, 0) is 56.6 Å². The van der Waals surface area contributed by atoms with Crippen LogP contribution in [0.2, 0.25) is 0 Å². The Hall–Kier alpha value is -1.88. The molecular weight excluding hydrogens is 304 g/mol. The molecule has 1 aliphatic heterocycles. The fourth-order valence-electron chi connectivity index (χ4n) is 2.90. The molecule has 1 aliphatic rings. The summed E-state index contributed by atoms with van der Waals surface area (Å²) in [4.78, 5) is 26.4. The number of rotatable bonds is 8. The second-order valence-electron chi connectivity index (χ2n) is 6.28. The summed E-state index contributed by atoms with van der Waals surface area (Å²) in [6, 6.07) is 7.46. The molecule has 0 saturated carbocycles. The predicted octanol–water partition coefficient (Wildman–Crippen LogP) is 2.65. The predicted molar refractivity (Wildman–Crippen MR) is 94.5 cm³/mol. The van der Waals surface area contributed by atoms with Crippen molar-refractivity contribution in [2.45, 2.75) is 45.1 Å². The number of piperidine rings is 1. The van der Waals surface area contributed by atoms with E-state index in [0.717, 1.165) is 38.1 Å². The van der Waals surface area contributed by atoms with Gasteiger partial charge in [0.05, 0.1) is 6.61 Å². The minimum Gasteiger partial charge on any atom is -0.494 e. The minimum absolute atomic E-state index is 0.00380. The van der Waals surface area contributed by atoms with Gasteiger partial charge in [-0.3, -0.25) is 9.59 Å². The lowest BCUT2D eigenvalue weighted by molar-refractivity contribution is -0.132. The van der Waals surface area contributed by atoms with Crippen molar-refractivity contribution in [2.75, 3.05) is 26.7 Å².